The predicted molar refractivity (Wildman–Crippen MR) is 103 cm³/mol. The van der Waals surface area contributed by atoms with Gasteiger partial charge in [0.1, 0.15) is 0 Å². The van der Waals surface area contributed by atoms with Crippen LogP contribution >= 0.6 is 0 Å². The number of methoxy groups -OCH3 is 1. The maximum absolute atomic E-state index is 10.2. The lowest BCUT2D eigenvalue weighted by atomic mass is 9.66. The van der Waals surface area contributed by atoms with Crippen LogP contribution in [0, 0.1) is 18.3 Å². The monoisotopic (exact) mass is 381 g/mol. The number of hydrogen-bond acceptors (Lipinski definition) is 6. The van der Waals surface area contributed by atoms with E-state index in [0.717, 1.165) is 49.2 Å². The van der Waals surface area contributed by atoms with Crippen LogP contribution in [0.25, 0.3) is 0 Å². The van der Waals surface area contributed by atoms with Crippen molar-refractivity contribution in [1.29, 1.82) is 5.26 Å². The number of benzene rings is 1. The van der Waals surface area contributed by atoms with Crippen molar-refractivity contribution in [3.8, 4) is 17.6 Å². The molecular formula is C22H27N3O3. The molecule has 6 nitrogen and oxygen atoms in total. The number of nitriles is 1. The highest BCUT2D eigenvalue weighted by atomic mass is 16.5. The Hall–Kier alpha value is -2.55. The normalized spacial score (nSPS) is 25.4. The Morgan fingerprint density at radius 1 is 1.18 bits per heavy atom. The van der Waals surface area contributed by atoms with Crippen LogP contribution in [0.5, 0.6) is 11.5 Å². The van der Waals surface area contributed by atoms with Crippen molar-refractivity contribution in [2.45, 2.75) is 75.7 Å². The highest BCUT2D eigenvalue weighted by molar-refractivity contribution is 5.47. The van der Waals surface area contributed by atoms with Gasteiger partial charge in [-0.3, -0.25) is 0 Å². The van der Waals surface area contributed by atoms with Gasteiger partial charge in [-0.15, -0.1) is 0 Å². The van der Waals surface area contributed by atoms with Gasteiger partial charge in [-0.25, -0.2) is 0 Å². The van der Waals surface area contributed by atoms with Crippen LogP contribution in [-0.4, -0.2) is 23.4 Å². The molecule has 6 heteroatoms. The van der Waals surface area contributed by atoms with Crippen molar-refractivity contribution >= 4 is 0 Å². The fourth-order valence-corrected chi connectivity index (χ4v) is 4.65. The minimum atomic E-state index is -0.578. The molecule has 28 heavy (non-hydrogen) atoms. The average molecular weight is 381 g/mol. The minimum Gasteiger partial charge on any atom is -0.493 e. The van der Waals surface area contributed by atoms with Gasteiger partial charge in [-0.1, -0.05) is 17.6 Å². The summed E-state index contributed by atoms with van der Waals surface area (Å²) in [7, 11) is 1.66. The van der Waals surface area contributed by atoms with Crippen molar-refractivity contribution in [2.75, 3.05) is 7.11 Å². The second-order valence-corrected chi connectivity index (χ2v) is 8.06. The van der Waals surface area contributed by atoms with E-state index >= 15 is 0 Å². The SMILES string of the molecule is COc1ccc([C@]2(C#N)CCC[C@@H](c3nc(C)no3)C2)cc1OC1CCCC1. The highest BCUT2D eigenvalue weighted by Gasteiger charge is 2.41. The van der Waals surface area contributed by atoms with Crippen LogP contribution in [0.15, 0.2) is 22.7 Å². The maximum Gasteiger partial charge on any atom is 0.229 e. The number of ether oxygens (including phenoxy) is 2. The molecule has 0 N–H and O–H groups in total. The molecule has 2 aliphatic rings. The van der Waals surface area contributed by atoms with Gasteiger partial charge >= 0.3 is 0 Å². The standard InChI is InChI=1S/C22H27N3O3/c1-15-24-21(28-25-15)16-6-5-11-22(13-16,14-23)17-9-10-19(26-2)20(12-17)27-18-7-3-4-8-18/h9-10,12,16,18H,3-8,11,13H2,1-2H3/t16-,22-/m1/s1. The molecule has 4 rings (SSSR count). The lowest BCUT2D eigenvalue weighted by Gasteiger charge is -2.35. The second kappa shape index (κ2) is 7.83. The maximum atomic E-state index is 10.2. The fourth-order valence-electron chi connectivity index (χ4n) is 4.65. The van der Waals surface area contributed by atoms with Crippen LogP contribution in [0.2, 0.25) is 0 Å². The fraction of sp³-hybridized carbons (Fsp3) is 0.591. The topological polar surface area (TPSA) is 81.2 Å². The van der Waals surface area contributed by atoms with Crippen molar-refractivity contribution in [2.24, 2.45) is 0 Å². The molecule has 0 radical (unpaired) electrons. The third-order valence-electron chi connectivity index (χ3n) is 6.17. The first-order valence-corrected chi connectivity index (χ1v) is 10.2. The van der Waals surface area contributed by atoms with Crippen molar-refractivity contribution in [3.05, 3.63) is 35.5 Å². The molecule has 2 aliphatic carbocycles. The van der Waals surface area contributed by atoms with E-state index in [1.807, 2.05) is 25.1 Å². The molecule has 1 aromatic carbocycles. The first kappa shape index (κ1) is 18.8. The molecular weight excluding hydrogens is 354 g/mol. The zero-order chi connectivity index (χ0) is 19.6. The van der Waals surface area contributed by atoms with Crippen LogP contribution in [-0.2, 0) is 5.41 Å². The lowest BCUT2D eigenvalue weighted by molar-refractivity contribution is 0.199. The molecule has 0 amide bonds. The number of hydrogen-bond donors (Lipinski definition) is 0. The number of nitrogens with zero attached hydrogens (tertiary/aromatic N) is 3. The molecule has 0 saturated heterocycles. The molecule has 148 valence electrons. The Balaban J connectivity index is 1.63. The summed E-state index contributed by atoms with van der Waals surface area (Å²) in [4.78, 5) is 4.41. The zero-order valence-corrected chi connectivity index (χ0v) is 16.6. The molecule has 2 fully saturated rings. The third kappa shape index (κ3) is 3.58. The molecule has 1 aromatic heterocycles. The van der Waals surface area contributed by atoms with Gasteiger partial charge in [0.15, 0.2) is 17.3 Å². The molecule has 0 bridgehead atoms. The number of aromatic nitrogens is 2. The Kier molecular flexibility index (Phi) is 5.25. The summed E-state index contributed by atoms with van der Waals surface area (Å²) in [6, 6.07) is 8.56. The minimum absolute atomic E-state index is 0.107. The summed E-state index contributed by atoms with van der Waals surface area (Å²) in [6.45, 7) is 1.82. The van der Waals surface area contributed by atoms with E-state index in [1.54, 1.807) is 7.11 Å². The average Bonchev–Trinajstić information content (AvgIpc) is 3.39. The smallest absolute Gasteiger partial charge is 0.229 e. The third-order valence-corrected chi connectivity index (χ3v) is 6.17. The molecule has 0 unspecified atom stereocenters. The van der Waals surface area contributed by atoms with Gasteiger partial charge in [-0.2, -0.15) is 10.2 Å². The number of rotatable bonds is 5. The first-order chi connectivity index (χ1) is 13.6. The molecule has 2 saturated carbocycles. The quantitative estimate of drug-likeness (QED) is 0.738. The molecule has 0 spiro atoms. The summed E-state index contributed by atoms with van der Waals surface area (Å²) >= 11 is 0. The van der Waals surface area contributed by atoms with Gasteiger partial charge in [0.25, 0.3) is 0 Å². The van der Waals surface area contributed by atoms with Crippen molar-refractivity contribution < 1.29 is 14.0 Å². The Morgan fingerprint density at radius 2 is 2.00 bits per heavy atom. The molecule has 0 aliphatic heterocycles. The molecule has 2 aromatic rings. The van der Waals surface area contributed by atoms with Gasteiger partial charge in [0.2, 0.25) is 5.89 Å². The first-order valence-electron chi connectivity index (χ1n) is 10.2. The van der Waals surface area contributed by atoms with Gasteiger partial charge < -0.3 is 14.0 Å². The molecule has 1 heterocycles. The van der Waals surface area contributed by atoms with Crippen LogP contribution in [0.4, 0.5) is 0 Å². The van der Waals surface area contributed by atoms with Crippen LogP contribution in [0.1, 0.15) is 74.6 Å². The summed E-state index contributed by atoms with van der Waals surface area (Å²) < 4.78 is 17.2. The lowest BCUT2D eigenvalue weighted by Crippen LogP contribution is -2.31. The summed E-state index contributed by atoms with van der Waals surface area (Å²) in [5.74, 6) is 2.87. The van der Waals surface area contributed by atoms with Crippen LogP contribution < -0.4 is 9.47 Å². The van der Waals surface area contributed by atoms with E-state index in [2.05, 4.69) is 16.2 Å². The Labute approximate surface area is 165 Å². The number of aryl methyl sites for hydroxylation is 1. The Morgan fingerprint density at radius 3 is 2.68 bits per heavy atom. The van der Waals surface area contributed by atoms with Crippen molar-refractivity contribution in [3.63, 3.8) is 0 Å². The summed E-state index contributed by atoms with van der Waals surface area (Å²) in [5.41, 5.74) is 0.412. The van der Waals surface area contributed by atoms with E-state index in [9.17, 15) is 5.26 Å². The summed E-state index contributed by atoms with van der Waals surface area (Å²) in [6.07, 6.45) is 8.23. The second-order valence-electron chi connectivity index (χ2n) is 8.06. The van der Waals surface area contributed by atoms with Crippen molar-refractivity contribution in [1.82, 2.24) is 10.1 Å². The van der Waals surface area contributed by atoms with Crippen LogP contribution in [0.3, 0.4) is 0 Å². The largest absolute Gasteiger partial charge is 0.493 e. The van der Waals surface area contributed by atoms with Gasteiger partial charge in [-0.05, 0) is 69.6 Å². The van der Waals surface area contributed by atoms with E-state index in [1.165, 1.54) is 12.8 Å². The van der Waals surface area contributed by atoms with E-state index in [4.69, 9.17) is 14.0 Å². The molecule has 2 atom stereocenters. The van der Waals surface area contributed by atoms with Gasteiger partial charge in [0, 0.05) is 5.92 Å². The van der Waals surface area contributed by atoms with E-state index in [0.29, 0.717) is 18.1 Å². The predicted octanol–water partition coefficient (Wildman–Crippen LogP) is 4.83. The summed E-state index contributed by atoms with van der Waals surface area (Å²) in [5, 5.41) is 14.1. The van der Waals surface area contributed by atoms with E-state index < -0.39 is 5.41 Å². The van der Waals surface area contributed by atoms with Gasteiger partial charge in [0.05, 0.1) is 24.7 Å². The Bertz CT molecular complexity index is 866. The highest BCUT2D eigenvalue weighted by Crippen LogP contribution is 2.47. The zero-order valence-electron chi connectivity index (χ0n) is 16.6. The van der Waals surface area contributed by atoms with E-state index in [-0.39, 0.29) is 12.0 Å².